The molecule has 1 aromatic carbocycles. The molecule has 1 heterocycles. The van der Waals surface area contributed by atoms with Gasteiger partial charge in [-0.3, -0.25) is 9.69 Å². The van der Waals surface area contributed by atoms with Gasteiger partial charge in [-0.25, -0.2) is 0 Å². The number of carbonyl (C=O) groups is 1. The maximum Gasteiger partial charge on any atom is 0.317 e. The van der Waals surface area contributed by atoms with Crippen molar-refractivity contribution in [3.8, 4) is 5.75 Å². The third kappa shape index (κ3) is 3.29. The van der Waals surface area contributed by atoms with E-state index in [0.29, 0.717) is 19.8 Å². The van der Waals surface area contributed by atoms with Crippen molar-refractivity contribution in [2.45, 2.75) is 13.0 Å². The Labute approximate surface area is 119 Å². The van der Waals surface area contributed by atoms with Gasteiger partial charge in [-0.15, -0.1) is 0 Å². The van der Waals surface area contributed by atoms with Crippen LogP contribution in [0.2, 0.25) is 0 Å². The number of hydrogen-bond acceptors (Lipinski definition) is 4. The molecule has 5 nitrogen and oxygen atoms in total. The molecule has 0 saturated heterocycles. The SMILES string of the molecule is COCCN(CC(=O)O)C1c2ccccc2OCC1C. The Balaban J connectivity index is 2.27. The van der Waals surface area contributed by atoms with Crippen molar-refractivity contribution in [1.29, 1.82) is 0 Å². The second kappa shape index (κ2) is 6.72. The number of rotatable bonds is 6. The molecule has 110 valence electrons. The minimum absolute atomic E-state index is 0.00665. The Morgan fingerprint density at radius 3 is 2.95 bits per heavy atom. The monoisotopic (exact) mass is 279 g/mol. The van der Waals surface area contributed by atoms with Gasteiger partial charge in [0.05, 0.1) is 19.8 Å². The average Bonchev–Trinajstić information content (AvgIpc) is 2.43. The smallest absolute Gasteiger partial charge is 0.317 e. The molecule has 1 aromatic rings. The van der Waals surface area contributed by atoms with E-state index >= 15 is 0 Å². The molecular weight excluding hydrogens is 258 g/mol. The Bertz CT molecular complexity index is 463. The Morgan fingerprint density at radius 2 is 2.25 bits per heavy atom. The first-order chi connectivity index (χ1) is 9.63. The second-order valence-corrected chi connectivity index (χ2v) is 5.13. The lowest BCUT2D eigenvalue weighted by Gasteiger charge is -2.38. The van der Waals surface area contributed by atoms with Gasteiger partial charge < -0.3 is 14.6 Å². The van der Waals surface area contributed by atoms with E-state index in [1.807, 2.05) is 29.2 Å². The molecular formula is C15H21NO4. The van der Waals surface area contributed by atoms with Crippen LogP contribution in [0.4, 0.5) is 0 Å². The summed E-state index contributed by atoms with van der Waals surface area (Å²) in [5.74, 6) is 0.266. The van der Waals surface area contributed by atoms with Gasteiger partial charge in [0.2, 0.25) is 0 Å². The lowest BCUT2D eigenvalue weighted by atomic mass is 9.90. The van der Waals surface area contributed by atoms with Gasteiger partial charge in [0.25, 0.3) is 0 Å². The Hall–Kier alpha value is -1.59. The third-order valence-corrected chi connectivity index (χ3v) is 3.59. The first kappa shape index (κ1) is 14.8. The lowest BCUT2D eigenvalue weighted by molar-refractivity contribution is -0.139. The number of fused-ring (bicyclic) bond motifs is 1. The van der Waals surface area contributed by atoms with Gasteiger partial charge >= 0.3 is 5.97 Å². The van der Waals surface area contributed by atoms with E-state index in [-0.39, 0.29) is 18.5 Å². The van der Waals surface area contributed by atoms with Crippen LogP contribution >= 0.6 is 0 Å². The van der Waals surface area contributed by atoms with Crippen LogP contribution in [0.25, 0.3) is 0 Å². The fourth-order valence-corrected chi connectivity index (χ4v) is 2.73. The fourth-order valence-electron chi connectivity index (χ4n) is 2.73. The molecule has 0 aliphatic carbocycles. The van der Waals surface area contributed by atoms with Crippen molar-refractivity contribution in [2.75, 3.05) is 33.4 Å². The van der Waals surface area contributed by atoms with Crippen LogP contribution < -0.4 is 4.74 Å². The van der Waals surface area contributed by atoms with Crippen LogP contribution in [-0.2, 0) is 9.53 Å². The second-order valence-electron chi connectivity index (χ2n) is 5.13. The highest BCUT2D eigenvalue weighted by Crippen LogP contribution is 2.38. The van der Waals surface area contributed by atoms with E-state index in [9.17, 15) is 4.79 Å². The number of ether oxygens (including phenoxy) is 2. The minimum atomic E-state index is -0.822. The van der Waals surface area contributed by atoms with Crippen molar-refractivity contribution >= 4 is 5.97 Å². The highest BCUT2D eigenvalue weighted by atomic mass is 16.5. The molecule has 1 aliphatic heterocycles. The molecule has 0 spiro atoms. The predicted molar refractivity (Wildman–Crippen MR) is 74.9 cm³/mol. The summed E-state index contributed by atoms with van der Waals surface area (Å²) in [7, 11) is 1.63. The molecule has 0 aromatic heterocycles. The highest BCUT2D eigenvalue weighted by Gasteiger charge is 2.33. The molecule has 1 N–H and O–H groups in total. The van der Waals surface area contributed by atoms with Crippen LogP contribution in [-0.4, -0.2) is 49.4 Å². The highest BCUT2D eigenvalue weighted by molar-refractivity contribution is 5.69. The van der Waals surface area contributed by atoms with Gasteiger partial charge in [0.15, 0.2) is 0 Å². The summed E-state index contributed by atoms with van der Waals surface area (Å²) in [6.45, 7) is 3.80. The van der Waals surface area contributed by atoms with Crippen LogP contribution in [0.1, 0.15) is 18.5 Å². The topological polar surface area (TPSA) is 59.0 Å². The van der Waals surface area contributed by atoms with E-state index in [2.05, 4.69) is 6.92 Å². The standard InChI is InChI=1S/C15H21NO4/c1-11-10-20-13-6-4-3-5-12(13)15(11)16(7-8-19-2)9-14(17)18/h3-6,11,15H,7-10H2,1-2H3,(H,17,18). The van der Waals surface area contributed by atoms with Crippen molar-refractivity contribution in [2.24, 2.45) is 5.92 Å². The largest absolute Gasteiger partial charge is 0.493 e. The number of aliphatic carboxylic acids is 1. The Morgan fingerprint density at radius 1 is 1.50 bits per heavy atom. The summed E-state index contributed by atoms with van der Waals surface area (Å²) < 4.78 is 10.8. The molecule has 0 fully saturated rings. The zero-order chi connectivity index (χ0) is 14.5. The van der Waals surface area contributed by atoms with Crippen molar-refractivity contribution < 1.29 is 19.4 Å². The molecule has 0 saturated carbocycles. The maximum atomic E-state index is 11.1. The minimum Gasteiger partial charge on any atom is -0.493 e. The Kier molecular flexibility index (Phi) is 4.98. The maximum absolute atomic E-state index is 11.1. The third-order valence-electron chi connectivity index (χ3n) is 3.59. The van der Waals surface area contributed by atoms with Crippen LogP contribution in [0, 0.1) is 5.92 Å². The van der Waals surface area contributed by atoms with Gasteiger partial charge in [0, 0.05) is 31.2 Å². The zero-order valence-electron chi connectivity index (χ0n) is 11.9. The normalized spacial score (nSPS) is 21.4. The van der Waals surface area contributed by atoms with Crippen molar-refractivity contribution in [1.82, 2.24) is 4.90 Å². The van der Waals surface area contributed by atoms with E-state index in [0.717, 1.165) is 11.3 Å². The molecule has 2 unspecified atom stereocenters. The summed E-state index contributed by atoms with van der Waals surface area (Å²) in [4.78, 5) is 13.1. The first-order valence-corrected chi connectivity index (χ1v) is 6.80. The van der Waals surface area contributed by atoms with Crippen LogP contribution in [0.15, 0.2) is 24.3 Å². The molecule has 0 bridgehead atoms. The summed E-state index contributed by atoms with van der Waals surface area (Å²) in [6, 6.07) is 7.89. The van der Waals surface area contributed by atoms with E-state index in [1.54, 1.807) is 7.11 Å². The van der Waals surface area contributed by atoms with Crippen molar-refractivity contribution in [3.05, 3.63) is 29.8 Å². The molecule has 0 amide bonds. The number of methoxy groups -OCH3 is 1. The average molecular weight is 279 g/mol. The summed E-state index contributed by atoms with van der Waals surface area (Å²) in [5, 5.41) is 9.13. The molecule has 0 radical (unpaired) electrons. The van der Waals surface area contributed by atoms with Gasteiger partial charge in [-0.2, -0.15) is 0 Å². The summed E-state index contributed by atoms with van der Waals surface area (Å²) >= 11 is 0. The van der Waals surface area contributed by atoms with E-state index in [1.165, 1.54) is 0 Å². The van der Waals surface area contributed by atoms with Gasteiger partial charge in [-0.1, -0.05) is 25.1 Å². The summed E-state index contributed by atoms with van der Waals surface area (Å²) in [5.41, 5.74) is 1.06. The number of hydrogen-bond donors (Lipinski definition) is 1. The van der Waals surface area contributed by atoms with Crippen molar-refractivity contribution in [3.63, 3.8) is 0 Å². The molecule has 5 heteroatoms. The van der Waals surface area contributed by atoms with Gasteiger partial charge in [-0.05, 0) is 6.07 Å². The van der Waals surface area contributed by atoms with Crippen LogP contribution in [0.3, 0.4) is 0 Å². The quantitative estimate of drug-likeness (QED) is 0.860. The molecule has 2 rings (SSSR count). The number of carboxylic acids is 1. The number of benzene rings is 1. The predicted octanol–water partition coefficient (Wildman–Crippen LogP) is 1.79. The lowest BCUT2D eigenvalue weighted by Crippen LogP contribution is -2.42. The van der Waals surface area contributed by atoms with Gasteiger partial charge in [0.1, 0.15) is 5.75 Å². The molecule has 20 heavy (non-hydrogen) atoms. The molecule has 1 aliphatic rings. The van der Waals surface area contributed by atoms with E-state index < -0.39 is 5.97 Å². The summed E-state index contributed by atoms with van der Waals surface area (Å²) in [6.07, 6.45) is 0. The fraction of sp³-hybridized carbons (Fsp3) is 0.533. The number of carboxylic acid groups (broad SMARTS) is 1. The number of nitrogens with zero attached hydrogens (tertiary/aromatic N) is 1. The van der Waals surface area contributed by atoms with Crippen LogP contribution in [0.5, 0.6) is 5.75 Å². The number of para-hydroxylation sites is 1. The first-order valence-electron chi connectivity index (χ1n) is 6.80. The molecule has 2 atom stereocenters. The van der Waals surface area contributed by atoms with E-state index in [4.69, 9.17) is 14.6 Å². The zero-order valence-corrected chi connectivity index (χ0v) is 11.9.